The Labute approximate surface area is 120 Å². The number of amidine groups is 1. The first-order valence-electron chi connectivity index (χ1n) is 7.12. The molecule has 2 rings (SSSR count). The van der Waals surface area contributed by atoms with Gasteiger partial charge in [-0.3, -0.25) is 0 Å². The number of nitrogens with two attached hydrogens (primary N) is 1. The van der Waals surface area contributed by atoms with E-state index in [2.05, 4.69) is 10.1 Å². The van der Waals surface area contributed by atoms with Crippen molar-refractivity contribution in [3.05, 3.63) is 29.8 Å². The number of para-hydroxylation sites is 1. The van der Waals surface area contributed by atoms with Crippen LogP contribution in [0.25, 0.3) is 0 Å². The van der Waals surface area contributed by atoms with Gasteiger partial charge < -0.3 is 20.6 Å². The lowest BCUT2D eigenvalue weighted by Crippen LogP contribution is -2.24. The van der Waals surface area contributed by atoms with E-state index >= 15 is 0 Å². The third-order valence-corrected chi connectivity index (χ3v) is 3.74. The Morgan fingerprint density at radius 1 is 1.50 bits per heavy atom. The first kappa shape index (κ1) is 14.7. The highest BCUT2D eigenvalue weighted by Crippen LogP contribution is 2.21. The standard InChI is InChI=1S/C15H23N3O2/c1-18(10-4-6-12-7-5-11-20-12)14-9-3-2-8-13(14)15(16)17-19/h2-3,8-9,12,19H,4-7,10-11H2,1H3,(H2,16,17). The highest BCUT2D eigenvalue weighted by molar-refractivity contribution is 6.02. The molecule has 0 aliphatic carbocycles. The van der Waals surface area contributed by atoms with E-state index in [9.17, 15) is 0 Å². The van der Waals surface area contributed by atoms with Gasteiger partial charge in [-0.25, -0.2) is 0 Å². The van der Waals surface area contributed by atoms with Crippen molar-refractivity contribution >= 4 is 11.5 Å². The van der Waals surface area contributed by atoms with Crippen LogP contribution in [0.5, 0.6) is 0 Å². The van der Waals surface area contributed by atoms with Crippen LogP contribution in [0.1, 0.15) is 31.2 Å². The van der Waals surface area contributed by atoms with Crippen molar-refractivity contribution in [2.75, 3.05) is 25.1 Å². The van der Waals surface area contributed by atoms with Gasteiger partial charge in [0.1, 0.15) is 0 Å². The van der Waals surface area contributed by atoms with Crippen LogP contribution in [0, 0.1) is 0 Å². The van der Waals surface area contributed by atoms with Gasteiger partial charge in [-0.05, 0) is 37.8 Å². The van der Waals surface area contributed by atoms with Crippen LogP contribution in [0.3, 0.4) is 0 Å². The Morgan fingerprint density at radius 3 is 3.00 bits per heavy atom. The molecule has 5 nitrogen and oxygen atoms in total. The minimum absolute atomic E-state index is 0.145. The van der Waals surface area contributed by atoms with Crippen molar-refractivity contribution in [1.82, 2.24) is 0 Å². The van der Waals surface area contributed by atoms with E-state index in [0.29, 0.717) is 6.10 Å². The molecule has 1 aromatic rings. The van der Waals surface area contributed by atoms with Crippen molar-refractivity contribution in [2.45, 2.75) is 31.8 Å². The zero-order valence-corrected chi connectivity index (χ0v) is 12.0. The molecule has 1 fully saturated rings. The molecule has 1 aromatic carbocycles. The van der Waals surface area contributed by atoms with Gasteiger partial charge in [-0.2, -0.15) is 0 Å². The smallest absolute Gasteiger partial charge is 0.172 e. The molecule has 1 heterocycles. The third kappa shape index (κ3) is 3.63. The number of nitrogens with zero attached hydrogens (tertiary/aromatic N) is 2. The summed E-state index contributed by atoms with van der Waals surface area (Å²) in [4.78, 5) is 2.14. The van der Waals surface area contributed by atoms with Crippen molar-refractivity contribution in [3.8, 4) is 0 Å². The second-order valence-corrected chi connectivity index (χ2v) is 5.20. The van der Waals surface area contributed by atoms with Crippen molar-refractivity contribution in [2.24, 2.45) is 10.9 Å². The normalized spacial score (nSPS) is 19.2. The Morgan fingerprint density at radius 2 is 2.30 bits per heavy atom. The van der Waals surface area contributed by atoms with Crippen LogP contribution in [0.4, 0.5) is 5.69 Å². The first-order valence-corrected chi connectivity index (χ1v) is 7.12. The number of hydrogen-bond donors (Lipinski definition) is 2. The Hall–Kier alpha value is -1.75. The summed E-state index contributed by atoms with van der Waals surface area (Å²) in [7, 11) is 2.03. The molecule has 0 aromatic heterocycles. The largest absolute Gasteiger partial charge is 0.409 e. The average Bonchev–Trinajstić information content (AvgIpc) is 2.99. The minimum atomic E-state index is 0.145. The molecule has 0 radical (unpaired) electrons. The molecule has 0 saturated carbocycles. The summed E-state index contributed by atoms with van der Waals surface area (Å²) < 4.78 is 5.63. The number of rotatable bonds is 6. The summed E-state index contributed by atoms with van der Waals surface area (Å²) >= 11 is 0. The van der Waals surface area contributed by atoms with Gasteiger partial charge in [0.15, 0.2) is 5.84 Å². The third-order valence-electron chi connectivity index (χ3n) is 3.74. The number of oxime groups is 1. The average molecular weight is 277 g/mol. The zero-order valence-electron chi connectivity index (χ0n) is 12.0. The van der Waals surface area contributed by atoms with Crippen LogP contribution in [-0.4, -0.2) is 37.3 Å². The van der Waals surface area contributed by atoms with Crippen LogP contribution < -0.4 is 10.6 Å². The van der Waals surface area contributed by atoms with E-state index in [4.69, 9.17) is 15.7 Å². The topological polar surface area (TPSA) is 71.1 Å². The molecule has 20 heavy (non-hydrogen) atoms. The fourth-order valence-electron chi connectivity index (χ4n) is 2.63. The molecule has 0 amide bonds. The maximum atomic E-state index is 8.84. The molecule has 1 aliphatic rings. The van der Waals surface area contributed by atoms with Crippen LogP contribution >= 0.6 is 0 Å². The molecule has 1 aliphatic heterocycles. The summed E-state index contributed by atoms with van der Waals surface area (Å²) in [5.74, 6) is 0.145. The van der Waals surface area contributed by atoms with Gasteiger partial charge in [0.05, 0.1) is 6.10 Å². The lowest BCUT2D eigenvalue weighted by atomic mass is 10.1. The van der Waals surface area contributed by atoms with E-state index in [0.717, 1.165) is 37.2 Å². The van der Waals surface area contributed by atoms with Gasteiger partial charge >= 0.3 is 0 Å². The van der Waals surface area contributed by atoms with Gasteiger partial charge in [-0.15, -0.1) is 0 Å². The van der Waals surface area contributed by atoms with Gasteiger partial charge in [0, 0.05) is 31.5 Å². The van der Waals surface area contributed by atoms with E-state index in [1.165, 1.54) is 12.8 Å². The number of ether oxygens (including phenoxy) is 1. The minimum Gasteiger partial charge on any atom is -0.409 e. The summed E-state index contributed by atoms with van der Waals surface area (Å²) in [5.41, 5.74) is 7.45. The molecule has 3 N–H and O–H groups in total. The number of anilines is 1. The van der Waals surface area contributed by atoms with Crippen molar-refractivity contribution < 1.29 is 9.94 Å². The molecule has 1 atom stereocenters. The van der Waals surface area contributed by atoms with Gasteiger partial charge in [0.25, 0.3) is 0 Å². The quantitative estimate of drug-likeness (QED) is 0.362. The molecular formula is C15H23N3O2. The SMILES string of the molecule is CN(CCCC1CCCO1)c1ccccc1/C(N)=N/O. The Bertz CT molecular complexity index is 456. The van der Waals surface area contributed by atoms with E-state index < -0.39 is 0 Å². The zero-order chi connectivity index (χ0) is 14.4. The van der Waals surface area contributed by atoms with E-state index in [1.54, 1.807) is 0 Å². The molecule has 0 bridgehead atoms. The van der Waals surface area contributed by atoms with Crippen molar-refractivity contribution in [1.29, 1.82) is 0 Å². The van der Waals surface area contributed by atoms with Crippen LogP contribution in [0.15, 0.2) is 29.4 Å². The van der Waals surface area contributed by atoms with E-state index in [-0.39, 0.29) is 5.84 Å². The Kier molecular flexibility index (Phi) is 5.24. The predicted octanol–water partition coefficient (Wildman–Crippen LogP) is 2.18. The lowest BCUT2D eigenvalue weighted by Gasteiger charge is -2.22. The molecule has 1 saturated heterocycles. The van der Waals surface area contributed by atoms with Gasteiger partial charge in [-0.1, -0.05) is 17.3 Å². The van der Waals surface area contributed by atoms with Gasteiger partial charge in [0.2, 0.25) is 0 Å². The highest BCUT2D eigenvalue weighted by atomic mass is 16.5. The summed E-state index contributed by atoms with van der Waals surface area (Å²) in [6.07, 6.45) is 4.97. The fraction of sp³-hybridized carbons (Fsp3) is 0.533. The molecule has 5 heteroatoms. The molecule has 0 spiro atoms. The van der Waals surface area contributed by atoms with Crippen LogP contribution in [-0.2, 0) is 4.74 Å². The predicted molar refractivity (Wildman–Crippen MR) is 80.4 cm³/mol. The van der Waals surface area contributed by atoms with Crippen LogP contribution in [0.2, 0.25) is 0 Å². The second-order valence-electron chi connectivity index (χ2n) is 5.20. The summed E-state index contributed by atoms with van der Waals surface area (Å²) in [6.45, 7) is 1.84. The summed E-state index contributed by atoms with van der Waals surface area (Å²) in [6, 6.07) is 7.69. The second kappa shape index (κ2) is 7.14. The fourth-order valence-corrected chi connectivity index (χ4v) is 2.63. The number of hydrogen-bond acceptors (Lipinski definition) is 4. The monoisotopic (exact) mass is 277 g/mol. The maximum Gasteiger partial charge on any atom is 0.172 e. The lowest BCUT2D eigenvalue weighted by molar-refractivity contribution is 0.103. The first-order chi connectivity index (χ1) is 9.72. The number of benzene rings is 1. The molecular weight excluding hydrogens is 254 g/mol. The molecule has 110 valence electrons. The van der Waals surface area contributed by atoms with Crippen molar-refractivity contribution in [3.63, 3.8) is 0 Å². The Balaban J connectivity index is 1.92. The summed E-state index contributed by atoms with van der Waals surface area (Å²) in [5, 5.41) is 11.9. The maximum absolute atomic E-state index is 8.84. The molecule has 1 unspecified atom stereocenters. The highest BCUT2D eigenvalue weighted by Gasteiger charge is 2.16. The van der Waals surface area contributed by atoms with E-state index in [1.807, 2.05) is 31.3 Å².